The molecular formula is C14H18N2O3S. The highest BCUT2D eigenvalue weighted by atomic mass is 32.2. The lowest BCUT2D eigenvalue weighted by Gasteiger charge is -2.19. The van der Waals surface area contributed by atoms with Crippen molar-refractivity contribution >= 4 is 32.5 Å². The van der Waals surface area contributed by atoms with Gasteiger partial charge in [-0.2, -0.15) is 0 Å². The summed E-state index contributed by atoms with van der Waals surface area (Å²) in [5, 5.41) is 0.816. The van der Waals surface area contributed by atoms with E-state index < -0.39 is 15.4 Å². The van der Waals surface area contributed by atoms with Gasteiger partial charge in [-0.1, -0.05) is 32.9 Å². The number of hydrogen-bond acceptors (Lipinski definition) is 3. The second-order valence-electron chi connectivity index (χ2n) is 5.86. The maximum atomic E-state index is 12.4. The molecule has 0 saturated heterocycles. The van der Waals surface area contributed by atoms with Crippen molar-refractivity contribution in [1.29, 1.82) is 0 Å². The lowest BCUT2D eigenvalue weighted by atomic mass is 9.95. The first-order valence-electron chi connectivity index (χ1n) is 6.22. The number of anilines is 1. The highest BCUT2D eigenvalue weighted by Crippen LogP contribution is 2.28. The number of hydrogen-bond donors (Lipinski definition) is 1. The molecule has 0 aliphatic carbocycles. The molecule has 0 unspecified atom stereocenters. The van der Waals surface area contributed by atoms with Gasteiger partial charge in [-0.25, -0.2) is 8.42 Å². The minimum Gasteiger partial charge on any atom is -0.285 e. The molecule has 108 valence electrons. The van der Waals surface area contributed by atoms with E-state index in [2.05, 4.69) is 4.72 Å². The molecule has 0 amide bonds. The fourth-order valence-electron chi connectivity index (χ4n) is 2.01. The molecule has 0 atom stereocenters. The van der Waals surface area contributed by atoms with Crippen LogP contribution in [0.25, 0.3) is 10.9 Å². The van der Waals surface area contributed by atoms with E-state index in [1.165, 1.54) is 4.57 Å². The predicted molar refractivity (Wildman–Crippen MR) is 80.5 cm³/mol. The van der Waals surface area contributed by atoms with Gasteiger partial charge in [-0.3, -0.25) is 14.1 Å². The first kappa shape index (κ1) is 14.6. The Kier molecular flexibility index (Phi) is 3.37. The van der Waals surface area contributed by atoms with Crippen molar-refractivity contribution in [1.82, 2.24) is 4.57 Å². The summed E-state index contributed by atoms with van der Waals surface area (Å²) in [6.45, 7) is 5.48. The van der Waals surface area contributed by atoms with E-state index in [0.717, 1.165) is 11.6 Å². The molecule has 0 aliphatic heterocycles. The summed E-state index contributed by atoms with van der Waals surface area (Å²) in [7, 11) is -3.40. The number of nitrogens with one attached hydrogen (secondary N) is 1. The molecule has 0 spiro atoms. The minimum absolute atomic E-state index is 0.0877. The molecule has 20 heavy (non-hydrogen) atoms. The third-order valence-corrected chi connectivity index (χ3v) is 3.46. The minimum atomic E-state index is -3.40. The quantitative estimate of drug-likeness (QED) is 0.926. The summed E-state index contributed by atoms with van der Waals surface area (Å²) in [5.41, 5.74) is 0.440. The molecule has 0 bridgehead atoms. The van der Waals surface area contributed by atoms with Gasteiger partial charge in [0.2, 0.25) is 15.9 Å². The molecular weight excluding hydrogens is 276 g/mol. The van der Waals surface area contributed by atoms with Crippen molar-refractivity contribution in [3.05, 3.63) is 30.5 Å². The topological polar surface area (TPSA) is 68.2 Å². The number of para-hydroxylation sites is 1. The second-order valence-corrected chi connectivity index (χ2v) is 7.61. The first-order valence-corrected chi connectivity index (χ1v) is 8.11. The van der Waals surface area contributed by atoms with Gasteiger partial charge in [0, 0.05) is 17.0 Å². The third kappa shape index (κ3) is 2.85. The number of benzene rings is 1. The molecule has 2 aromatic rings. The molecule has 2 rings (SSSR count). The van der Waals surface area contributed by atoms with E-state index in [0.29, 0.717) is 11.2 Å². The van der Waals surface area contributed by atoms with E-state index in [1.807, 2.05) is 26.8 Å². The molecule has 1 heterocycles. The molecule has 0 saturated carbocycles. The molecule has 6 heteroatoms. The number of sulfonamides is 1. The van der Waals surface area contributed by atoms with E-state index in [9.17, 15) is 13.2 Å². The molecule has 5 nitrogen and oxygen atoms in total. The van der Waals surface area contributed by atoms with Gasteiger partial charge in [0.25, 0.3) is 0 Å². The summed E-state index contributed by atoms with van der Waals surface area (Å²) in [6.07, 6.45) is 2.76. The van der Waals surface area contributed by atoms with Crippen LogP contribution in [0.5, 0.6) is 0 Å². The van der Waals surface area contributed by atoms with Crippen LogP contribution in [-0.4, -0.2) is 25.1 Å². The Labute approximate surface area is 118 Å². The summed E-state index contributed by atoms with van der Waals surface area (Å²) in [5.74, 6) is -0.0877. The van der Waals surface area contributed by atoms with Gasteiger partial charge in [-0.15, -0.1) is 0 Å². The van der Waals surface area contributed by atoms with Gasteiger partial charge in [0.1, 0.15) is 0 Å². The number of rotatable bonds is 2. The maximum Gasteiger partial charge on any atom is 0.236 e. The van der Waals surface area contributed by atoms with Gasteiger partial charge in [0.05, 0.1) is 17.5 Å². The smallest absolute Gasteiger partial charge is 0.236 e. The lowest BCUT2D eigenvalue weighted by Crippen LogP contribution is -2.26. The van der Waals surface area contributed by atoms with Crippen LogP contribution in [0.4, 0.5) is 5.69 Å². The Morgan fingerprint density at radius 3 is 2.40 bits per heavy atom. The van der Waals surface area contributed by atoms with Crippen LogP contribution < -0.4 is 4.72 Å². The van der Waals surface area contributed by atoms with Crippen LogP contribution in [0.3, 0.4) is 0 Å². The zero-order chi connectivity index (χ0) is 15.1. The number of carbonyl (C=O) groups is 1. The Bertz CT molecular complexity index is 767. The average Bonchev–Trinajstić information content (AvgIpc) is 2.69. The fraction of sp³-hybridized carbons (Fsp3) is 0.357. The van der Waals surface area contributed by atoms with Crippen LogP contribution in [0.2, 0.25) is 0 Å². The summed E-state index contributed by atoms with van der Waals surface area (Å²) in [6, 6.07) is 7.04. The molecule has 0 radical (unpaired) electrons. The zero-order valence-electron chi connectivity index (χ0n) is 12.0. The summed E-state index contributed by atoms with van der Waals surface area (Å²) < 4.78 is 26.8. The standard InChI is InChI=1S/C14H18N2O3S/c1-14(2,3)13(17)16-9-8-10-6-5-7-11(12(10)16)15-20(4,18)19/h5-9,15H,1-4H3. The zero-order valence-corrected chi connectivity index (χ0v) is 12.8. The van der Waals surface area contributed by atoms with Crippen LogP contribution in [0.1, 0.15) is 25.6 Å². The van der Waals surface area contributed by atoms with Crippen molar-refractivity contribution in [3.8, 4) is 0 Å². The van der Waals surface area contributed by atoms with Gasteiger partial charge in [-0.05, 0) is 12.1 Å². The summed E-state index contributed by atoms with van der Waals surface area (Å²) in [4.78, 5) is 12.4. The third-order valence-electron chi connectivity index (χ3n) is 2.87. The number of carbonyl (C=O) groups excluding carboxylic acids is 1. The van der Waals surface area contributed by atoms with Crippen LogP contribution in [-0.2, 0) is 10.0 Å². The van der Waals surface area contributed by atoms with Gasteiger partial charge in [0.15, 0.2) is 0 Å². The number of fused-ring (bicyclic) bond motifs is 1. The maximum absolute atomic E-state index is 12.4. The SMILES string of the molecule is CC(C)(C)C(=O)n1ccc2cccc(NS(C)(=O)=O)c21. The molecule has 1 aromatic heterocycles. The molecule has 1 N–H and O–H groups in total. The van der Waals surface area contributed by atoms with Crippen LogP contribution in [0, 0.1) is 5.41 Å². The van der Waals surface area contributed by atoms with E-state index in [-0.39, 0.29) is 5.91 Å². The van der Waals surface area contributed by atoms with E-state index in [4.69, 9.17) is 0 Å². The Morgan fingerprint density at radius 1 is 1.20 bits per heavy atom. The predicted octanol–water partition coefficient (Wildman–Crippen LogP) is 2.70. The Morgan fingerprint density at radius 2 is 1.85 bits per heavy atom. The van der Waals surface area contributed by atoms with Crippen molar-refractivity contribution in [2.24, 2.45) is 5.41 Å². The highest BCUT2D eigenvalue weighted by molar-refractivity contribution is 7.92. The van der Waals surface area contributed by atoms with Crippen molar-refractivity contribution < 1.29 is 13.2 Å². The normalized spacial score (nSPS) is 12.6. The van der Waals surface area contributed by atoms with Crippen molar-refractivity contribution in [2.45, 2.75) is 20.8 Å². The van der Waals surface area contributed by atoms with Crippen LogP contribution in [0.15, 0.2) is 30.5 Å². The van der Waals surface area contributed by atoms with Crippen molar-refractivity contribution in [2.75, 3.05) is 11.0 Å². The molecule has 1 aromatic carbocycles. The van der Waals surface area contributed by atoms with Crippen molar-refractivity contribution in [3.63, 3.8) is 0 Å². The molecule has 0 fully saturated rings. The molecule has 0 aliphatic rings. The summed E-state index contributed by atoms with van der Waals surface area (Å²) >= 11 is 0. The Hall–Kier alpha value is -1.82. The highest BCUT2D eigenvalue weighted by Gasteiger charge is 2.25. The lowest BCUT2D eigenvalue weighted by molar-refractivity contribution is 0.0773. The number of nitrogens with zero attached hydrogens (tertiary/aromatic N) is 1. The first-order chi connectivity index (χ1) is 9.09. The van der Waals surface area contributed by atoms with E-state index >= 15 is 0 Å². The second kappa shape index (κ2) is 4.63. The van der Waals surface area contributed by atoms with Gasteiger partial charge < -0.3 is 0 Å². The largest absolute Gasteiger partial charge is 0.285 e. The fourth-order valence-corrected chi connectivity index (χ4v) is 2.57. The number of aromatic nitrogens is 1. The van der Waals surface area contributed by atoms with Gasteiger partial charge >= 0.3 is 0 Å². The average molecular weight is 294 g/mol. The van der Waals surface area contributed by atoms with Crippen LogP contribution >= 0.6 is 0 Å². The Balaban J connectivity index is 2.67. The van der Waals surface area contributed by atoms with E-state index in [1.54, 1.807) is 24.4 Å². The monoisotopic (exact) mass is 294 g/mol.